The van der Waals surface area contributed by atoms with Crippen LogP contribution in [0.5, 0.6) is 0 Å². The van der Waals surface area contributed by atoms with Gasteiger partial charge in [0, 0.05) is 22.9 Å². The first-order chi connectivity index (χ1) is 15.4. The zero-order valence-electron chi connectivity index (χ0n) is 16.7. The number of nitrogens with zero attached hydrogens (tertiary/aromatic N) is 2. The fourth-order valence-corrected chi connectivity index (χ4v) is 3.99. The van der Waals surface area contributed by atoms with Gasteiger partial charge in [-0.05, 0) is 54.6 Å². The molecule has 162 valence electrons. The molecule has 9 heteroatoms. The lowest BCUT2D eigenvalue weighted by molar-refractivity contribution is -0.115. The number of benzene rings is 2. The molecule has 6 nitrogen and oxygen atoms in total. The van der Waals surface area contributed by atoms with Gasteiger partial charge >= 0.3 is 5.97 Å². The second kappa shape index (κ2) is 9.33. The Morgan fingerprint density at radius 3 is 2.66 bits per heavy atom. The van der Waals surface area contributed by atoms with Crippen LogP contribution in [0, 0.1) is 5.82 Å². The molecular weight excluding hydrogens is 455 g/mol. The van der Waals surface area contributed by atoms with E-state index in [2.05, 4.69) is 4.98 Å². The van der Waals surface area contributed by atoms with Gasteiger partial charge in [-0.1, -0.05) is 17.7 Å². The molecule has 0 aliphatic carbocycles. The van der Waals surface area contributed by atoms with E-state index in [-0.39, 0.29) is 24.1 Å². The summed E-state index contributed by atoms with van der Waals surface area (Å²) in [6, 6.07) is 15.7. The van der Waals surface area contributed by atoms with Crippen molar-refractivity contribution in [2.24, 2.45) is 0 Å². The van der Waals surface area contributed by atoms with Gasteiger partial charge in [-0.2, -0.15) is 0 Å². The monoisotopic (exact) mass is 470 g/mol. The van der Waals surface area contributed by atoms with Crippen molar-refractivity contribution in [2.45, 2.75) is 13.5 Å². The third kappa shape index (κ3) is 4.87. The number of ether oxygens (including phenoxy) is 1. The van der Waals surface area contributed by atoms with Gasteiger partial charge in [0.05, 0.1) is 11.4 Å². The molecule has 0 aliphatic heterocycles. The molecule has 4 rings (SSSR count). The van der Waals surface area contributed by atoms with E-state index in [1.54, 1.807) is 47.8 Å². The summed E-state index contributed by atoms with van der Waals surface area (Å²) in [4.78, 5) is 30.4. The highest BCUT2D eigenvalue weighted by Gasteiger charge is 2.19. The number of carbonyl (C=O) groups excluding carboxylic acids is 2. The first-order valence-electron chi connectivity index (χ1n) is 9.44. The summed E-state index contributed by atoms with van der Waals surface area (Å²) in [6.45, 7) is 1.33. The number of rotatable bonds is 6. The van der Waals surface area contributed by atoms with E-state index in [1.165, 1.54) is 41.4 Å². The van der Waals surface area contributed by atoms with Crippen LogP contribution in [0.2, 0.25) is 5.02 Å². The van der Waals surface area contributed by atoms with Crippen molar-refractivity contribution >= 4 is 45.6 Å². The molecule has 2 aromatic carbocycles. The molecule has 0 atom stereocenters. The van der Waals surface area contributed by atoms with Gasteiger partial charge in [0.2, 0.25) is 11.7 Å². The number of esters is 1. The van der Waals surface area contributed by atoms with Crippen LogP contribution in [0.25, 0.3) is 11.3 Å². The third-order valence-corrected chi connectivity index (χ3v) is 5.51. The minimum atomic E-state index is -0.661. The van der Waals surface area contributed by atoms with Crippen LogP contribution in [-0.2, 0) is 16.1 Å². The second-order valence-corrected chi connectivity index (χ2v) is 7.98. The zero-order chi connectivity index (χ0) is 22.7. The molecule has 0 saturated carbocycles. The van der Waals surface area contributed by atoms with E-state index in [4.69, 9.17) is 20.8 Å². The van der Waals surface area contributed by atoms with E-state index in [9.17, 15) is 14.0 Å². The number of hydrogen-bond donors (Lipinski definition) is 0. The molecule has 0 aliphatic rings. The fourth-order valence-electron chi connectivity index (χ4n) is 2.93. The van der Waals surface area contributed by atoms with Crippen LogP contribution in [0.1, 0.15) is 23.2 Å². The Hall–Kier alpha value is -3.49. The van der Waals surface area contributed by atoms with Crippen molar-refractivity contribution in [3.63, 3.8) is 0 Å². The molecule has 0 fully saturated rings. The van der Waals surface area contributed by atoms with Crippen molar-refractivity contribution in [3.8, 4) is 11.3 Å². The van der Waals surface area contributed by atoms with Crippen molar-refractivity contribution < 1.29 is 23.1 Å². The average molecular weight is 471 g/mol. The molecule has 32 heavy (non-hydrogen) atoms. The number of hydrogen-bond acceptors (Lipinski definition) is 6. The largest absolute Gasteiger partial charge is 0.453 e. The minimum Gasteiger partial charge on any atom is -0.453 e. The Bertz CT molecular complexity index is 1270. The number of amides is 1. The minimum absolute atomic E-state index is 0.0177. The number of carbonyl (C=O) groups is 2. The Kier molecular flexibility index (Phi) is 6.34. The van der Waals surface area contributed by atoms with Crippen LogP contribution in [0.3, 0.4) is 0 Å². The van der Waals surface area contributed by atoms with Gasteiger partial charge < -0.3 is 9.15 Å². The van der Waals surface area contributed by atoms with Gasteiger partial charge in [-0.15, -0.1) is 11.3 Å². The highest BCUT2D eigenvalue weighted by molar-refractivity contribution is 7.14. The number of anilines is 2. The van der Waals surface area contributed by atoms with Gasteiger partial charge in [-0.25, -0.2) is 14.2 Å². The molecule has 2 aromatic heterocycles. The maximum absolute atomic E-state index is 13.1. The molecule has 0 saturated heterocycles. The fraction of sp³-hybridized carbons (Fsp3) is 0.0870. The number of halogens is 2. The van der Waals surface area contributed by atoms with Gasteiger partial charge in [-0.3, -0.25) is 9.69 Å². The van der Waals surface area contributed by atoms with Crippen molar-refractivity contribution in [2.75, 3.05) is 4.90 Å². The molecule has 2 heterocycles. The summed E-state index contributed by atoms with van der Waals surface area (Å²) in [5.74, 6) is -0.808. The van der Waals surface area contributed by atoms with Gasteiger partial charge in [0.15, 0.2) is 5.13 Å². The number of furan rings is 1. The maximum Gasteiger partial charge on any atom is 0.374 e. The van der Waals surface area contributed by atoms with Crippen molar-refractivity contribution in [3.05, 3.63) is 88.3 Å². The summed E-state index contributed by atoms with van der Waals surface area (Å²) in [7, 11) is 0. The summed E-state index contributed by atoms with van der Waals surface area (Å²) in [5, 5.41) is 2.63. The summed E-state index contributed by atoms with van der Waals surface area (Å²) >= 11 is 7.28. The standard InChI is InChI=1S/C23H16ClFN2O4S/c1-14(28)27(19-4-2-3-16(24)11-19)23-26-18(13-32-23)12-30-22(29)21-10-9-20(31-21)15-5-7-17(25)8-6-15/h2-11,13H,12H2,1H3. The molecule has 0 N–H and O–H groups in total. The molecule has 0 unspecified atom stereocenters. The van der Waals surface area contributed by atoms with Gasteiger partial charge in [0.25, 0.3) is 0 Å². The summed E-state index contributed by atoms with van der Waals surface area (Å²) in [6.07, 6.45) is 0. The Morgan fingerprint density at radius 1 is 1.16 bits per heavy atom. The van der Waals surface area contributed by atoms with E-state index >= 15 is 0 Å². The molecule has 0 bridgehead atoms. The van der Waals surface area contributed by atoms with Crippen LogP contribution >= 0.6 is 22.9 Å². The van der Waals surface area contributed by atoms with Crippen LogP contribution < -0.4 is 4.90 Å². The molecule has 0 radical (unpaired) electrons. The predicted molar refractivity (Wildman–Crippen MR) is 120 cm³/mol. The lowest BCUT2D eigenvalue weighted by atomic mass is 10.2. The topological polar surface area (TPSA) is 72.6 Å². The molecule has 0 spiro atoms. The zero-order valence-corrected chi connectivity index (χ0v) is 18.3. The Morgan fingerprint density at radius 2 is 1.94 bits per heavy atom. The van der Waals surface area contributed by atoms with E-state index in [0.717, 1.165) is 0 Å². The summed E-state index contributed by atoms with van der Waals surface area (Å²) in [5.41, 5.74) is 1.71. The van der Waals surface area contributed by atoms with E-state index < -0.39 is 5.97 Å². The quantitative estimate of drug-likeness (QED) is 0.312. The van der Waals surface area contributed by atoms with E-state index in [0.29, 0.717) is 32.9 Å². The highest BCUT2D eigenvalue weighted by Crippen LogP contribution is 2.31. The molecule has 1 amide bonds. The number of thiazole rings is 1. The highest BCUT2D eigenvalue weighted by atomic mass is 35.5. The third-order valence-electron chi connectivity index (χ3n) is 4.40. The Labute approximate surface area is 191 Å². The van der Waals surface area contributed by atoms with Crippen LogP contribution in [0.4, 0.5) is 15.2 Å². The molecule has 4 aromatic rings. The maximum atomic E-state index is 13.1. The average Bonchev–Trinajstić information content (AvgIpc) is 3.43. The number of aromatic nitrogens is 1. The SMILES string of the molecule is CC(=O)N(c1cccc(Cl)c1)c1nc(COC(=O)c2ccc(-c3ccc(F)cc3)o2)cs1. The normalized spacial score (nSPS) is 10.7. The predicted octanol–water partition coefficient (Wildman–Crippen LogP) is 6.24. The Balaban J connectivity index is 1.43. The summed E-state index contributed by atoms with van der Waals surface area (Å²) < 4.78 is 23.9. The van der Waals surface area contributed by atoms with E-state index in [1.807, 2.05) is 0 Å². The first-order valence-corrected chi connectivity index (χ1v) is 10.7. The van der Waals surface area contributed by atoms with Crippen LogP contribution in [0.15, 0.2) is 70.5 Å². The van der Waals surface area contributed by atoms with Crippen LogP contribution in [-0.4, -0.2) is 16.9 Å². The lowest BCUT2D eigenvalue weighted by Gasteiger charge is -2.18. The molecular formula is C23H16ClFN2O4S. The first kappa shape index (κ1) is 21.7. The van der Waals surface area contributed by atoms with Crippen molar-refractivity contribution in [1.29, 1.82) is 0 Å². The van der Waals surface area contributed by atoms with Crippen molar-refractivity contribution in [1.82, 2.24) is 4.98 Å². The second-order valence-electron chi connectivity index (χ2n) is 6.70. The lowest BCUT2D eigenvalue weighted by Crippen LogP contribution is -2.22. The smallest absolute Gasteiger partial charge is 0.374 e. The van der Waals surface area contributed by atoms with Gasteiger partial charge in [0.1, 0.15) is 18.2 Å².